The third-order valence-electron chi connectivity index (χ3n) is 2.69. The summed E-state index contributed by atoms with van der Waals surface area (Å²) in [6, 6.07) is 8.76. The van der Waals surface area contributed by atoms with Crippen molar-refractivity contribution in [1.29, 1.82) is 0 Å². The predicted octanol–water partition coefficient (Wildman–Crippen LogP) is 0.577. The number of nitrogens with one attached hydrogen (secondary N) is 1. The molecule has 1 heterocycles. The number of aryl methyl sites for hydroxylation is 1. The van der Waals surface area contributed by atoms with Gasteiger partial charge < -0.3 is 10.1 Å². The summed E-state index contributed by atoms with van der Waals surface area (Å²) in [4.78, 5) is 33.6. The van der Waals surface area contributed by atoms with Crippen molar-refractivity contribution in [1.82, 2.24) is 5.32 Å². The van der Waals surface area contributed by atoms with Crippen LogP contribution in [-0.2, 0) is 25.5 Å². The largest absolute Gasteiger partial charge is 0.392 e. The van der Waals surface area contributed by atoms with Gasteiger partial charge in [-0.1, -0.05) is 30.3 Å². The van der Waals surface area contributed by atoms with Gasteiger partial charge in [0.25, 0.3) is 0 Å². The van der Waals surface area contributed by atoms with E-state index in [0.717, 1.165) is 5.56 Å². The smallest absolute Gasteiger partial charge is 0.336 e. The molecule has 0 aromatic heterocycles. The van der Waals surface area contributed by atoms with Crippen molar-refractivity contribution < 1.29 is 19.1 Å². The summed E-state index contributed by atoms with van der Waals surface area (Å²) in [5.41, 5.74) is 1.05. The molecule has 1 aliphatic rings. The average molecular weight is 247 g/mol. The maximum atomic E-state index is 11.6. The molecule has 0 saturated carbocycles. The lowest BCUT2D eigenvalue weighted by Gasteiger charge is -2.07. The lowest BCUT2D eigenvalue weighted by molar-refractivity contribution is -0.153. The Kier molecular flexibility index (Phi) is 3.72. The molecule has 5 nitrogen and oxygen atoms in total. The Bertz CT molecular complexity index is 469. The van der Waals surface area contributed by atoms with Crippen molar-refractivity contribution in [2.24, 2.45) is 0 Å². The van der Waals surface area contributed by atoms with E-state index in [2.05, 4.69) is 10.1 Å². The third kappa shape index (κ3) is 3.16. The molecule has 1 aromatic carbocycles. The maximum Gasteiger partial charge on any atom is 0.336 e. The second-order valence-corrected chi connectivity index (χ2v) is 4.10. The number of hydrogen-bond acceptors (Lipinski definition) is 4. The van der Waals surface area contributed by atoms with E-state index in [9.17, 15) is 14.4 Å². The Morgan fingerprint density at radius 2 is 2.00 bits per heavy atom. The fraction of sp³-hybridized carbons (Fsp3) is 0.308. The molecule has 1 fully saturated rings. The molecule has 0 unspecified atom stereocenters. The van der Waals surface area contributed by atoms with Crippen LogP contribution in [0.25, 0.3) is 0 Å². The fourth-order valence-electron chi connectivity index (χ4n) is 1.75. The standard InChI is InChI=1S/C13H13NO4/c15-11(7-6-9-4-2-1-3-5-9)14-10-8-12(16)18-13(10)17/h1-5,10H,6-8H2,(H,14,15)/t10-/m0/s1. The van der Waals surface area contributed by atoms with Crippen LogP contribution in [-0.4, -0.2) is 23.9 Å². The normalized spacial score (nSPS) is 18.6. The third-order valence-corrected chi connectivity index (χ3v) is 2.69. The summed E-state index contributed by atoms with van der Waals surface area (Å²) in [5.74, 6) is -1.52. The first kappa shape index (κ1) is 12.3. The molecule has 1 saturated heterocycles. The van der Waals surface area contributed by atoms with E-state index in [1.54, 1.807) is 0 Å². The number of amides is 1. The van der Waals surface area contributed by atoms with Gasteiger partial charge in [0, 0.05) is 6.42 Å². The molecule has 18 heavy (non-hydrogen) atoms. The van der Waals surface area contributed by atoms with Gasteiger partial charge in [-0.15, -0.1) is 0 Å². The Labute approximate surface area is 104 Å². The highest BCUT2D eigenvalue weighted by Gasteiger charge is 2.34. The van der Waals surface area contributed by atoms with Gasteiger partial charge in [-0.3, -0.25) is 9.59 Å². The van der Waals surface area contributed by atoms with Crippen molar-refractivity contribution in [3.8, 4) is 0 Å². The summed E-state index contributed by atoms with van der Waals surface area (Å²) in [6.07, 6.45) is 0.806. The van der Waals surface area contributed by atoms with E-state index in [-0.39, 0.29) is 18.7 Å². The molecule has 0 aliphatic carbocycles. The lowest BCUT2D eigenvalue weighted by Crippen LogP contribution is -2.38. The van der Waals surface area contributed by atoms with Crippen molar-refractivity contribution in [3.05, 3.63) is 35.9 Å². The highest BCUT2D eigenvalue weighted by atomic mass is 16.6. The number of benzene rings is 1. The minimum Gasteiger partial charge on any atom is -0.392 e. The minimum absolute atomic E-state index is 0.0735. The molecule has 1 N–H and O–H groups in total. The van der Waals surface area contributed by atoms with Crippen LogP contribution >= 0.6 is 0 Å². The van der Waals surface area contributed by atoms with Crippen LogP contribution in [0.5, 0.6) is 0 Å². The highest BCUT2D eigenvalue weighted by molar-refractivity contribution is 5.98. The summed E-state index contributed by atoms with van der Waals surface area (Å²) < 4.78 is 4.34. The molecular weight excluding hydrogens is 234 g/mol. The van der Waals surface area contributed by atoms with Crippen LogP contribution < -0.4 is 5.32 Å². The zero-order valence-corrected chi connectivity index (χ0v) is 9.72. The first-order chi connectivity index (χ1) is 8.65. The Balaban J connectivity index is 1.79. The molecule has 94 valence electrons. The van der Waals surface area contributed by atoms with Crippen molar-refractivity contribution in [2.45, 2.75) is 25.3 Å². The van der Waals surface area contributed by atoms with E-state index >= 15 is 0 Å². The van der Waals surface area contributed by atoms with E-state index in [1.807, 2.05) is 30.3 Å². The van der Waals surface area contributed by atoms with Gasteiger partial charge in [0.1, 0.15) is 6.04 Å². The quantitative estimate of drug-likeness (QED) is 0.624. The van der Waals surface area contributed by atoms with Crippen LogP contribution in [0.2, 0.25) is 0 Å². The summed E-state index contributed by atoms with van der Waals surface area (Å²) in [6.45, 7) is 0. The van der Waals surface area contributed by atoms with E-state index in [4.69, 9.17) is 0 Å². The number of cyclic esters (lactones) is 2. The van der Waals surface area contributed by atoms with Gasteiger partial charge in [-0.2, -0.15) is 0 Å². The molecule has 0 bridgehead atoms. The summed E-state index contributed by atoms with van der Waals surface area (Å²) in [5, 5.41) is 2.49. The van der Waals surface area contributed by atoms with Crippen LogP contribution in [0.4, 0.5) is 0 Å². The van der Waals surface area contributed by atoms with E-state index < -0.39 is 18.0 Å². The minimum atomic E-state index is -0.819. The number of rotatable bonds is 4. The first-order valence-electron chi connectivity index (χ1n) is 5.73. The van der Waals surface area contributed by atoms with Gasteiger partial charge in [0.05, 0.1) is 6.42 Å². The second kappa shape index (κ2) is 5.44. The Morgan fingerprint density at radius 1 is 1.28 bits per heavy atom. The maximum absolute atomic E-state index is 11.6. The molecule has 5 heteroatoms. The van der Waals surface area contributed by atoms with Crippen molar-refractivity contribution in [2.75, 3.05) is 0 Å². The van der Waals surface area contributed by atoms with Crippen LogP contribution in [0.3, 0.4) is 0 Å². The molecule has 1 atom stereocenters. The number of carbonyl (C=O) groups excluding carboxylic acids is 3. The van der Waals surface area contributed by atoms with Crippen molar-refractivity contribution >= 4 is 17.8 Å². The monoisotopic (exact) mass is 247 g/mol. The summed E-state index contributed by atoms with van der Waals surface area (Å²) in [7, 11) is 0. The van der Waals surface area contributed by atoms with E-state index in [0.29, 0.717) is 6.42 Å². The second-order valence-electron chi connectivity index (χ2n) is 4.10. The first-order valence-corrected chi connectivity index (χ1v) is 5.73. The van der Waals surface area contributed by atoms with Gasteiger partial charge in [-0.05, 0) is 12.0 Å². The van der Waals surface area contributed by atoms with Gasteiger partial charge in [0.15, 0.2) is 0 Å². The van der Waals surface area contributed by atoms with Gasteiger partial charge >= 0.3 is 11.9 Å². The molecule has 1 aliphatic heterocycles. The number of hydrogen-bond donors (Lipinski definition) is 1. The average Bonchev–Trinajstić information content (AvgIpc) is 2.67. The van der Waals surface area contributed by atoms with Gasteiger partial charge in [-0.25, -0.2) is 4.79 Å². The number of ether oxygens (including phenoxy) is 1. The lowest BCUT2D eigenvalue weighted by atomic mass is 10.1. The molecular formula is C13H13NO4. The number of esters is 2. The van der Waals surface area contributed by atoms with Crippen LogP contribution in [0.15, 0.2) is 30.3 Å². The van der Waals surface area contributed by atoms with Crippen LogP contribution in [0.1, 0.15) is 18.4 Å². The summed E-state index contributed by atoms with van der Waals surface area (Å²) >= 11 is 0. The van der Waals surface area contributed by atoms with Crippen molar-refractivity contribution in [3.63, 3.8) is 0 Å². The molecule has 0 radical (unpaired) electrons. The fourth-order valence-corrected chi connectivity index (χ4v) is 1.75. The number of carbonyl (C=O) groups is 3. The van der Waals surface area contributed by atoms with Gasteiger partial charge in [0.2, 0.25) is 5.91 Å². The molecule has 0 spiro atoms. The zero-order chi connectivity index (χ0) is 13.0. The Hall–Kier alpha value is -2.17. The topological polar surface area (TPSA) is 72.5 Å². The van der Waals surface area contributed by atoms with E-state index in [1.165, 1.54) is 0 Å². The molecule has 1 amide bonds. The predicted molar refractivity (Wildman–Crippen MR) is 62.4 cm³/mol. The van der Waals surface area contributed by atoms with Crippen LogP contribution in [0, 0.1) is 0 Å². The molecule has 1 aromatic rings. The molecule has 2 rings (SSSR count). The zero-order valence-electron chi connectivity index (χ0n) is 9.72. The highest BCUT2D eigenvalue weighted by Crippen LogP contribution is 2.08. The SMILES string of the molecule is O=C(CCc1ccccc1)N[C@H]1CC(=O)OC1=O. The Morgan fingerprint density at radius 3 is 2.61 bits per heavy atom.